The lowest BCUT2D eigenvalue weighted by Gasteiger charge is -2.18. The summed E-state index contributed by atoms with van der Waals surface area (Å²) >= 11 is 5.07. The summed E-state index contributed by atoms with van der Waals surface area (Å²) in [4.78, 5) is 11.4. The average Bonchev–Trinajstić information content (AvgIpc) is 2.95. The Bertz CT molecular complexity index is 638. The molecule has 5 heteroatoms. The normalized spacial score (nSPS) is 22.2. The first-order valence-electron chi connectivity index (χ1n) is 5.94. The van der Waals surface area contributed by atoms with Crippen LogP contribution in [-0.4, -0.2) is 4.98 Å². The van der Waals surface area contributed by atoms with Gasteiger partial charge in [0.1, 0.15) is 15.2 Å². The minimum Gasteiger partial charge on any atom is -0.259 e. The molecule has 98 valence electrons. The fourth-order valence-electron chi connectivity index (χ4n) is 2.13. The molecular formula is C14H13BrN2OS. The van der Waals surface area contributed by atoms with Gasteiger partial charge in [-0.25, -0.2) is 4.98 Å². The van der Waals surface area contributed by atoms with Gasteiger partial charge in [0.2, 0.25) is 0 Å². The first-order valence-corrected chi connectivity index (χ1v) is 7.55. The Morgan fingerprint density at radius 3 is 2.68 bits per heavy atom. The minimum absolute atomic E-state index is 0.465. The van der Waals surface area contributed by atoms with Gasteiger partial charge < -0.3 is 0 Å². The molecule has 0 unspecified atom stereocenters. The number of nitrogens with zero attached hydrogens (tertiary/aromatic N) is 1. The number of hydrogen-bond acceptors (Lipinski definition) is 4. The second-order valence-electron chi connectivity index (χ2n) is 4.60. The molecule has 0 saturated heterocycles. The number of hydroxylamine groups is 1. The highest BCUT2D eigenvalue weighted by Gasteiger charge is 2.35. The molecule has 3 rings (SSSR count). The molecule has 1 N–H and O–H groups in total. The zero-order valence-electron chi connectivity index (χ0n) is 10.6. The summed E-state index contributed by atoms with van der Waals surface area (Å²) in [6.45, 7) is 4.05. The predicted molar refractivity (Wildman–Crippen MR) is 80.9 cm³/mol. The number of rotatable bonds is 2. The molecule has 1 aliphatic rings. The van der Waals surface area contributed by atoms with E-state index in [1.807, 2.05) is 38.1 Å². The van der Waals surface area contributed by atoms with Crippen molar-refractivity contribution >= 4 is 27.3 Å². The van der Waals surface area contributed by atoms with Crippen molar-refractivity contribution in [1.82, 2.24) is 10.5 Å². The van der Waals surface area contributed by atoms with E-state index in [9.17, 15) is 0 Å². The van der Waals surface area contributed by atoms with Crippen molar-refractivity contribution in [3.63, 3.8) is 0 Å². The molecule has 3 nitrogen and oxygen atoms in total. The lowest BCUT2D eigenvalue weighted by Crippen LogP contribution is -2.22. The van der Waals surface area contributed by atoms with Gasteiger partial charge in [-0.15, -0.1) is 11.3 Å². The third kappa shape index (κ3) is 2.33. The number of halogens is 1. The Kier molecular flexibility index (Phi) is 3.20. The fourth-order valence-corrected chi connectivity index (χ4v) is 3.77. The molecule has 0 bridgehead atoms. The Balaban J connectivity index is 2.04. The molecule has 1 aromatic heterocycles. The highest BCUT2D eigenvalue weighted by atomic mass is 79.9. The zero-order valence-corrected chi connectivity index (χ0v) is 13.0. The molecule has 1 aliphatic heterocycles. The molecule has 19 heavy (non-hydrogen) atoms. The zero-order chi connectivity index (χ0) is 13.5. The summed E-state index contributed by atoms with van der Waals surface area (Å²) in [7, 11) is 0. The summed E-state index contributed by atoms with van der Waals surface area (Å²) in [5.74, 6) is 0. The van der Waals surface area contributed by atoms with E-state index >= 15 is 0 Å². The minimum atomic E-state index is -0.465. The molecule has 0 amide bonds. The standard InChI is InChI=1S/C14H13BrN2OS/c1-9-12(14(2)8-11(15)17-18-14)19-13(16-9)10-6-4-3-5-7-10/h3-8,17H,1-2H3/t14-/m0/s1. The third-order valence-electron chi connectivity index (χ3n) is 3.03. The van der Waals surface area contributed by atoms with E-state index in [2.05, 4.69) is 38.5 Å². The number of nitrogens with one attached hydrogen (secondary N) is 1. The van der Waals surface area contributed by atoms with E-state index in [0.29, 0.717) is 0 Å². The number of aryl methyl sites for hydroxylation is 1. The second-order valence-corrected chi connectivity index (χ2v) is 6.46. The lowest BCUT2D eigenvalue weighted by atomic mass is 10.0. The lowest BCUT2D eigenvalue weighted by molar-refractivity contribution is -0.0270. The van der Waals surface area contributed by atoms with Crippen molar-refractivity contribution in [2.45, 2.75) is 19.4 Å². The van der Waals surface area contributed by atoms with Gasteiger partial charge in [0, 0.05) is 5.56 Å². The summed E-state index contributed by atoms with van der Waals surface area (Å²) in [6, 6.07) is 10.2. The summed E-state index contributed by atoms with van der Waals surface area (Å²) in [5, 5.41) is 1.02. The molecule has 0 saturated carbocycles. The average molecular weight is 337 g/mol. The molecule has 0 fully saturated rings. The van der Waals surface area contributed by atoms with Gasteiger partial charge in [0.25, 0.3) is 0 Å². The number of hydrogen-bond donors (Lipinski definition) is 1. The second kappa shape index (κ2) is 4.74. The van der Waals surface area contributed by atoms with Crippen LogP contribution in [0.2, 0.25) is 0 Å². The Morgan fingerprint density at radius 2 is 2.05 bits per heavy atom. The first kappa shape index (κ1) is 12.8. The van der Waals surface area contributed by atoms with Crippen molar-refractivity contribution in [3.05, 3.63) is 51.6 Å². The predicted octanol–water partition coefficient (Wildman–Crippen LogP) is 4.10. The van der Waals surface area contributed by atoms with Crippen LogP contribution in [0, 0.1) is 6.92 Å². The van der Waals surface area contributed by atoms with Crippen LogP contribution in [0.1, 0.15) is 17.5 Å². The maximum absolute atomic E-state index is 5.65. The van der Waals surface area contributed by atoms with Crippen molar-refractivity contribution in [1.29, 1.82) is 0 Å². The smallest absolute Gasteiger partial charge is 0.150 e. The van der Waals surface area contributed by atoms with Crippen molar-refractivity contribution in [3.8, 4) is 10.6 Å². The van der Waals surface area contributed by atoms with E-state index in [1.165, 1.54) is 0 Å². The fraction of sp³-hybridized carbons (Fsp3) is 0.214. The van der Waals surface area contributed by atoms with E-state index in [4.69, 9.17) is 4.84 Å². The van der Waals surface area contributed by atoms with E-state index in [-0.39, 0.29) is 0 Å². The van der Waals surface area contributed by atoms with Gasteiger partial charge in [-0.2, -0.15) is 0 Å². The molecule has 2 heterocycles. The van der Waals surface area contributed by atoms with Crippen molar-refractivity contribution in [2.75, 3.05) is 0 Å². The largest absolute Gasteiger partial charge is 0.259 e. The van der Waals surface area contributed by atoms with Gasteiger partial charge >= 0.3 is 0 Å². The van der Waals surface area contributed by atoms with Crippen LogP contribution in [0.25, 0.3) is 10.6 Å². The van der Waals surface area contributed by atoms with Crippen LogP contribution in [0.3, 0.4) is 0 Å². The van der Waals surface area contributed by atoms with Crippen LogP contribution in [0.15, 0.2) is 41.0 Å². The van der Waals surface area contributed by atoms with Crippen LogP contribution in [-0.2, 0) is 10.4 Å². The van der Waals surface area contributed by atoms with Crippen LogP contribution in [0.5, 0.6) is 0 Å². The Hall–Kier alpha value is -1.17. The molecule has 0 spiro atoms. The molecule has 0 aliphatic carbocycles. The number of aromatic nitrogens is 1. The van der Waals surface area contributed by atoms with E-state index in [0.717, 1.165) is 25.7 Å². The third-order valence-corrected chi connectivity index (χ3v) is 4.85. The Morgan fingerprint density at radius 1 is 1.32 bits per heavy atom. The van der Waals surface area contributed by atoms with Gasteiger partial charge in [-0.3, -0.25) is 10.3 Å². The van der Waals surface area contributed by atoms with Gasteiger partial charge in [-0.1, -0.05) is 30.3 Å². The van der Waals surface area contributed by atoms with Gasteiger partial charge in [0.15, 0.2) is 0 Å². The van der Waals surface area contributed by atoms with E-state index < -0.39 is 5.60 Å². The van der Waals surface area contributed by atoms with Crippen LogP contribution in [0.4, 0.5) is 0 Å². The number of thiazole rings is 1. The monoisotopic (exact) mass is 336 g/mol. The summed E-state index contributed by atoms with van der Waals surface area (Å²) in [6.07, 6.45) is 2.02. The quantitative estimate of drug-likeness (QED) is 0.838. The highest BCUT2D eigenvalue weighted by Crippen LogP contribution is 2.40. The summed E-state index contributed by atoms with van der Waals surface area (Å²) in [5.41, 5.74) is 4.52. The first-order chi connectivity index (χ1) is 9.08. The van der Waals surface area contributed by atoms with Crippen molar-refractivity contribution < 1.29 is 4.84 Å². The van der Waals surface area contributed by atoms with Crippen molar-refractivity contribution in [2.24, 2.45) is 0 Å². The molecule has 0 radical (unpaired) electrons. The van der Waals surface area contributed by atoms with Gasteiger partial charge in [0.05, 0.1) is 10.6 Å². The van der Waals surface area contributed by atoms with Gasteiger partial charge in [-0.05, 0) is 35.9 Å². The molecule has 2 aromatic rings. The highest BCUT2D eigenvalue weighted by molar-refractivity contribution is 9.11. The van der Waals surface area contributed by atoms with Crippen LogP contribution >= 0.6 is 27.3 Å². The number of benzene rings is 1. The maximum atomic E-state index is 5.65. The van der Waals surface area contributed by atoms with Crippen LogP contribution < -0.4 is 5.48 Å². The SMILES string of the molecule is Cc1nc(-c2ccccc2)sc1[C@]1(C)C=C(Br)NO1. The summed E-state index contributed by atoms with van der Waals surface area (Å²) < 4.78 is 0.851. The molecule has 1 aromatic carbocycles. The maximum Gasteiger partial charge on any atom is 0.150 e. The van der Waals surface area contributed by atoms with E-state index in [1.54, 1.807) is 11.3 Å². The molecule has 1 atom stereocenters. The Labute approximate surface area is 124 Å². The topological polar surface area (TPSA) is 34.2 Å². The molecular weight excluding hydrogens is 324 g/mol.